The van der Waals surface area contributed by atoms with Crippen LogP contribution in [0.3, 0.4) is 0 Å². The fraction of sp³-hybridized carbons (Fsp3) is 0.176. The van der Waals surface area contributed by atoms with Crippen LogP contribution in [0.1, 0.15) is 33.6 Å². The van der Waals surface area contributed by atoms with Crippen LogP contribution >= 0.6 is 0 Å². The summed E-state index contributed by atoms with van der Waals surface area (Å²) in [6, 6.07) is 32.1. The van der Waals surface area contributed by atoms with E-state index in [0.717, 1.165) is 12.2 Å². The molecule has 1 aliphatic heterocycles. The van der Waals surface area contributed by atoms with Crippen molar-refractivity contribution in [3.05, 3.63) is 103 Å². The third-order valence-electron chi connectivity index (χ3n) is 7.27. The Balaban J connectivity index is 0.000000362. The maximum absolute atomic E-state index is 10.0. The summed E-state index contributed by atoms with van der Waals surface area (Å²) >= 11 is 0. The minimum Gasteiger partial charge on any atom is -0.512 e. The average Bonchev–Trinajstić information content (AvgIpc) is 3.58. The predicted octanol–water partition coefficient (Wildman–Crippen LogP) is 8.55. The normalized spacial score (nSPS) is 13.1. The molecule has 0 saturated heterocycles. The van der Waals surface area contributed by atoms with Gasteiger partial charge in [0.2, 0.25) is 0 Å². The molecule has 0 bridgehead atoms. The van der Waals surface area contributed by atoms with Crippen molar-refractivity contribution in [1.82, 2.24) is 4.40 Å². The molecule has 3 heterocycles. The third-order valence-corrected chi connectivity index (χ3v) is 7.27. The van der Waals surface area contributed by atoms with Crippen LogP contribution in [0.15, 0.2) is 90.7 Å². The summed E-state index contributed by atoms with van der Waals surface area (Å²) in [4.78, 5) is 14.7. The van der Waals surface area contributed by atoms with Crippen molar-refractivity contribution < 1.29 is 30.0 Å². The summed E-state index contributed by atoms with van der Waals surface area (Å²) in [5.41, 5.74) is 7.37. The molecule has 205 valence electrons. The zero-order chi connectivity index (χ0) is 27.1. The van der Waals surface area contributed by atoms with Gasteiger partial charge in [-0.15, -0.1) is 17.1 Å². The van der Waals surface area contributed by atoms with Crippen molar-refractivity contribution in [3.8, 4) is 0 Å². The maximum Gasteiger partial charge on any atom is 0.155 e. The second-order valence-corrected chi connectivity index (χ2v) is 10.1. The second-order valence-electron chi connectivity index (χ2n) is 10.1. The predicted molar refractivity (Wildman–Crippen MR) is 162 cm³/mol. The Labute approximate surface area is 248 Å². The molecule has 0 saturated carbocycles. The fourth-order valence-corrected chi connectivity index (χ4v) is 5.67. The molecule has 5 nitrogen and oxygen atoms in total. The van der Waals surface area contributed by atoms with Crippen LogP contribution in [-0.2, 0) is 24.9 Å². The van der Waals surface area contributed by atoms with Crippen molar-refractivity contribution >= 4 is 60.9 Å². The third kappa shape index (κ3) is 4.72. The van der Waals surface area contributed by atoms with Crippen molar-refractivity contribution in [3.63, 3.8) is 0 Å². The smallest absolute Gasteiger partial charge is 0.155 e. The van der Waals surface area contributed by atoms with Crippen LogP contribution < -0.4 is 9.80 Å². The molecule has 1 N–H and O–H groups in total. The molecular weight excluding hydrogens is 675 g/mol. The number of aliphatic hydroxyl groups excluding tert-OH is 1. The number of aliphatic hydroxyl groups is 1. The number of para-hydroxylation sites is 4. The number of rotatable bonds is 5. The van der Waals surface area contributed by atoms with Gasteiger partial charge in [-0.1, -0.05) is 67.4 Å². The SMILES string of the molecule is CC(=O)/C=C(/C)O.CCCCN1[CH-]N(c2[c-]cc3c(c2)c2cccc4c5ccccc5n3c24)c2ccccc21.[Ir]. The van der Waals surface area contributed by atoms with E-state index in [1.807, 2.05) is 0 Å². The maximum atomic E-state index is 10.0. The zero-order valence-corrected chi connectivity index (χ0v) is 25.2. The van der Waals surface area contributed by atoms with Gasteiger partial charge in [-0.2, -0.15) is 18.8 Å². The number of fused-ring (bicyclic) bond motifs is 7. The van der Waals surface area contributed by atoms with E-state index in [9.17, 15) is 4.79 Å². The molecule has 6 heteroatoms. The first-order valence-corrected chi connectivity index (χ1v) is 13.4. The van der Waals surface area contributed by atoms with Crippen LogP contribution in [0.2, 0.25) is 0 Å². The van der Waals surface area contributed by atoms with Crippen molar-refractivity contribution in [2.24, 2.45) is 0 Å². The van der Waals surface area contributed by atoms with Gasteiger partial charge in [0.15, 0.2) is 5.78 Å². The molecule has 7 rings (SSSR count). The number of carbonyl (C=O) groups excluding carboxylic acids is 1. The number of allylic oxidation sites excluding steroid dienone is 2. The van der Waals surface area contributed by atoms with Crippen LogP contribution in [0.4, 0.5) is 17.1 Å². The van der Waals surface area contributed by atoms with Crippen molar-refractivity contribution in [2.75, 3.05) is 16.3 Å². The van der Waals surface area contributed by atoms with Gasteiger partial charge in [-0.3, -0.25) is 4.79 Å². The summed E-state index contributed by atoms with van der Waals surface area (Å²) in [6.45, 7) is 8.37. The molecule has 0 spiro atoms. The standard InChI is InChI=1S/C29H23N3.C5H8O2.Ir/c1-2-3-17-30-19-31(28-14-7-6-13-27(28)30)20-15-16-26-24(18-20)23-11-8-10-22-21-9-4-5-12-25(21)32(26)29(22)23;1-4(6)3-5(2)7;/h4-14,16,18-19H,2-3,17H2,1H3;3,6H,1-2H3;/q-2;;/b;4-3-;. The number of unbranched alkanes of at least 4 members (excludes halogenated alkanes) is 1. The number of aromatic nitrogens is 1. The molecule has 0 unspecified atom stereocenters. The average molecular weight is 706 g/mol. The molecule has 40 heavy (non-hydrogen) atoms. The summed E-state index contributed by atoms with van der Waals surface area (Å²) in [6.07, 6.45) is 3.53. The van der Waals surface area contributed by atoms with E-state index in [0.29, 0.717) is 0 Å². The molecule has 4 aromatic carbocycles. The summed E-state index contributed by atoms with van der Waals surface area (Å²) < 4.78 is 2.41. The van der Waals surface area contributed by atoms with E-state index < -0.39 is 0 Å². The van der Waals surface area contributed by atoms with E-state index in [1.165, 1.54) is 82.2 Å². The van der Waals surface area contributed by atoms with E-state index in [1.54, 1.807) is 0 Å². The molecule has 0 aliphatic carbocycles. The first-order valence-electron chi connectivity index (χ1n) is 13.4. The Morgan fingerprint density at radius 2 is 1.57 bits per heavy atom. The van der Waals surface area contributed by atoms with Crippen LogP contribution in [0.5, 0.6) is 0 Å². The molecule has 2 aromatic heterocycles. The topological polar surface area (TPSA) is 48.2 Å². The number of anilines is 3. The monoisotopic (exact) mass is 706 g/mol. The Kier molecular flexibility index (Phi) is 7.84. The second kappa shape index (κ2) is 11.3. The van der Waals surface area contributed by atoms with Gasteiger partial charge < -0.3 is 19.3 Å². The van der Waals surface area contributed by atoms with Crippen LogP contribution in [0.25, 0.3) is 38.1 Å². The number of carbonyl (C=O) groups is 1. The largest absolute Gasteiger partial charge is 0.512 e. The number of nitrogens with zero attached hydrogens (tertiary/aromatic N) is 3. The molecule has 1 radical (unpaired) electrons. The van der Waals surface area contributed by atoms with E-state index in [2.05, 4.69) is 113 Å². The Hall–Kier alpha value is -3.86. The zero-order valence-electron chi connectivity index (χ0n) is 22.8. The Morgan fingerprint density at radius 3 is 2.27 bits per heavy atom. The van der Waals surface area contributed by atoms with E-state index in [-0.39, 0.29) is 31.6 Å². The number of hydrogen-bond donors (Lipinski definition) is 1. The van der Waals surface area contributed by atoms with E-state index in [4.69, 9.17) is 5.11 Å². The van der Waals surface area contributed by atoms with Crippen LogP contribution in [-0.4, -0.2) is 21.8 Å². The quantitative estimate of drug-likeness (QED) is 0.111. The fourth-order valence-electron chi connectivity index (χ4n) is 5.67. The summed E-state index contributed by atoms with van der Waals surface area (Å²) in [5.74, 6) is -0.0625. The van der Waals surface area contributed by atoms with Gasteiger partial charge in [0.05, 0.1) is 5.76 Å². The number of benzene rings is 4. The Bertz CT molecular complexity index is 1850. The van der Waals surface area contributed by atoms with Gasteiger partial charge in [0.1, 0.15) is 0 Å². The minimum atomic E-state index is -0.125. The molecule has 0 atom stereocenters. The first-order chi connectivity index (χ1) is 19.0. The number of hydrogen-bond acceptors (Lipinski definition) is 4. The van der Waals surface area contributed by atoms with Gasteiger partial charge in [-0.25, -0.2) is 0 Å². The van der Waals surface area contributed by atoms with Crippen LogP contribution in [0, 0.1) is 12.7 Å². The molecule has 1 aliphatic rings. The molecule has 0 fully saturated rings. The summed E-state index contributed by atoms with van der Waals surface area (Å²) in [5, 5.41) is 13.6. The van der Waals surface area contributed by atoms with Gasteiger partial charge in [0, 0.05) is 59.4 Å². The summed E-state index contributed by atoms with van der Waals surface area (Å²) in [7, 11) is 0. The first kappa shape index (κ1) is 27.7. The molecule has 0 amide bonds. The minimum absolute atomic E-state index is 0. The van der Waals surface area contributed by atoms with Crippen molar-refractivity contribution in [1.29, 1.82) is 0 Å². The van der Waals surface area contributed by atoms with Gasteiger partial charge in [-0.05, 0) is 50.4 Å². The van der Waals surface area contributed by atoms with E-state index >= 15 is 0 Å². The number of ketones is 1. The molecule has 6 aromatic rings. The van der Waals surface area contributed by atoms with Crippen molar-refractivity contribution in [2.45, 2.75) is 33.6 Å². The molecular formula is C34H31IrN3O2-2. The Morgan fingerprint density at radius 1 is 0.900 bits per heavy atom. The van der Waals surface area contributed by atoms with Gasteiger partial charge >= 0.3 is 0 Å². The van der Waals surface area contributed by atoms with Gasteiger partial charge in [0.25, 0.3) is 0 Å².